The normalized spacial score (nSPS) is 13.0. The first-order valence-electron chi connectivity index (χ1n) is 5.81. The van der Waals surface area contributed by atoms with E-state index >= 15 is 0 Å². The van der Waals surface area contributed by atoms with Crippen LogP contribution in [0.1, 0.15) is 18.7 Å². The highest BCUT2D eigenvalue weighted by atomic mass is 35.5. The number of furan rings is 1. The van der Waals surface area contributed by atoms with E-state index in [0.29, 0.717) is 5.76 Å². The minimum atomic E-state index is -3.93. The molecule has 0 radical (unpaired) electrons. The Morgan fingerprint density at radius 3 is 2.67 bits per heavy atom. The molecule has 1 N–H and O–H groups in total. The maximum Gasteiger partial charge on any atom is 0.289 e. The Labute approximate surface area is 125 Å². The number of halogens is 1. The molecule has 1 atom stereocenters. The standard InChI is InChI=1S/C12H11ClN2O5S/c1-8(12-3-2-6-20-12)14-21(18,19)9-4-5-10(13)11(7-9)15(16)17/h2-8,14H,1H3/t8-/m1/s1. The van der Waals surface area contributed by atoms with Crippen molar-refractivity contribution in [2.24, 2.45) is 0 Å². The zero-order valence-corrected chi connectivity index (χ0v) is 12.4. The summed E-state index contributed by atoms with van der Waals surface area (Å²) in [6.07, 6.45) is 1.42. The van der Waals surface area contributed by atoms with Gasteiger partial charge in [-0.3, -0.25) is 10.1 Å². The fraction of sp³-hybridized carbons (Fsp3) is 0.167. The number of rotatable bonds is 5. The van der Waals surface area contributed by atoms with Crippen molar-refractivity contribution < 1.29 is 17.8 Å². The van der Waals surface area contributed by atoms with Gasteiger partial charge in [0.25, 0.3) is 5.69 Å². The summed E-state index contributed by atoms with van der Waals surface area (Å²) < 4.78 is 31.9. The van der Waals surface area contributed by atoms with E-state index in [9.17, 15) is 18.5 Å². The van der Waals surface area contributed by atoms with Gasteiger partial charge >= 0.3 is 0 Å². The van der Waals surface area contributed by atoms with Crippen molar-refractivity contribution in [2.75, 3.05) is 0 Å². The van der Waals surface area contributed by atoms with Crippen LogP contribution in [0.2, 0.25) is 5.02 Å². The van der Waals surface area contributed by atoms with E-state index in [1.54, 1.807) is 19.1 Å². The quantitative estimate of drug-likeness (QED) is 0.670. The summed E-state index contributed by atoms with van der Waals surface area (Å²) in [5, 5.41) is 10.7. The minimum absolute atomic E-state index is 0.127. The number of hydrogen-bond acceptors (Lipinski definition) is 5. The molecule has 0 aliphatic carbocycles. The van der Waals surface area contributed by atoms with Crippen molar-refractivity contribution in [1.82, 2.24) is 4.72 Å². The molecule has 0 fully saturated rings. The molecule has 0 aliphatic heterocycles. The van der Waals surface area contributed by atoms with Crippen molar-refractivity contribution in [3.63, 3.8) is 0 Å². The number of nitro benzene ring substituents is 1. The molecule has 0 spiro atoms. The zero-order chi connectivity index (χ0) is 15.6. The van der Waals surface area contributed by atoms with Gasteiger partial charge in [0.2, 0.25) is 10.0 Å². The molecular weight excluding hydrogens is 320 g/mol. The molecular formula is C12H11ClN2O5S. The largest absolute Gasteiger partial charge is 0.468 e. The van der Waals surface area contributed by atoms with Crippen molar-refractivity contribution >= 4 is 27.3 Å². The van der Waals surface area contributed by atoms with Crippen LogP contribution in [0.4, 0.5) is 5.69 Å². The van der Waals surface area contributed by atoms with Crippen LogP contribution in [0, 0.1) is 10.1 Å². The molecule has 0 amide bonds. The van der Waals surface area contributed by atoms with Crippen molar-refractivity contribution in [2.45, 2.75) is 17.9 Å². The number of nitro groups is 1. The average molecular weight is 331 g/mol. The van der Waals surface area contributed by atoms with Crippen LogP contribution in [-0.4, -0.2) is 13.3 Å². The average Bonchev–Trinajstić information content (AvgIpc) is 2.92. The van der Waals surface area contributed by atoms with Crippen LogP contribution in [0.25, 0.3) is 0 Å². The van der Waals surface area contributed by atoms with Gasteiger partial charge in [0.1, 0.15) is 10.8 Å². The van der Waals surface area contributed by atoms with E-state index in [1.165, 1.54) is 18.4 Å². The van der Waals surface area contributed by atoms with Gasteiger partial charge in [-0.1, -0.05) is 11.6 Å². The lowest BCUT2D eigenvalue weighted by Crippen LogP contribution is -2.26. The third kappa shape index (κ3) is 3.41. The number of nitrogens with zero attached hydrogens (tertiary/aromatic N) is 1. The Hall–Kier alpha value is -1.90. The van der Waals surface area contributed by atoms with Gasteiger partial charge in [0, 0.05) is 6.07 Å². The van der Waals surface area contributed by atoms with Crippen LogP contribution < -0.4 is 4.72 Å². The second kappa shape index (κ2) is 5.84. The van der Waals surface area contributed by atoms with Gasteiger partial charge in [-0.15, -0.1) is 0 Å². The Morgan fingerprint density at radius 2 is 2.10 bits per heavy atom. The van der Waals surface area contributed by atoms with Crippen LogP contribution in [0.3, 0.4) is 0 Å². The highest BCUT2D eigenvalue weighted by Gasteiger charge is 2.23. The van der Waals surface area contributed by atoms with Crippen molar-refractivity contribution in [3.8, 4) is 0 Å². The SMILES string of the molecule is C[C@@H](NS(=O)(=O)c1ccc(Cl)c([N+](=O)[O-])c1)c1ccco1. The van der Waals surface area contributed by atoms with Gasteiger partial charge in [-0.25, -0.2) is 13.1 Å². The maximum absolute atomic E-state index is 12.2. The molecule has 2 rings (SSSR count). The highest BCUT2D eigenvalue weighted by molar-refractivity contribution is 7.89. The molecule has 9 heteroatoms. The minimum Gasteiger partial charge on any atom is -0.468 e. The summed E-state index contributed by atoms with van der Waals surface area (Å²) in [6, 6.07) is 5.93. The number of hydrogen-bond donors (Lipinski definition) is 1. The van der Waals surface area contributed by atoms with Crippen LogP contribution >= 0.6 is 11.6 Å². The van der Waals surface area contributed by atoms with Gasteiger partial charge < -0.3 is 4.42 Å². The molecule has 1 aromatic carbocycles. The van der Waals surface area contributed by atoms with Crippen LogP contribution in [0.5, 0.6) is 0 Å². The van der Waals surface area contributed by atoms with E-state index in [-0.39, 0.29) is 9.92 Å². The monoisotopic (exact) mass is 330 g/mol. The van der Waals surface area contributed by atoms with E-state index in [4.69, 9.17) is 16.0 Å². The predicted octanol–water partition coefficient (Wildman–Crippen LogP) is 2.88. The van der Waals surface area contributed by atoms with Gasteiger partial charge in [-0.2, -0.15) is 0 Å². The van der Waals surface area contributed by atoms with Gasteiger partial charge in [-0.05, 0) is 31.2 Å². The van der Waals surface area contributed by atoms with Gasteiger partial charge in [0.15, 0.2) is 0 Å². The molecule has 21 heavy (non-hydrogen) atoms. The molecule has 0 bridgehead atoms. The maximum atomic E-state index is 12.2. The summed E-state index contributed by atoms with van der Waals surface area (Å²) in [5.74, 6) is 0.432. The Morgan fingerprint density at radius 1 is 1.38 bits per heavy atom. The first-order chi connectivity index (χ1) is 9.81. The number of nitrogens with one attached hydrogen (secondary N) is 1. The summed E-state index contributed by atoms with van der Waals surface area (Å²) in [6.45, 7) is 1.60. The Bertz CT molecular complexity index is 758. The van der Waals surface area contributed by atoms with E-state index in [0.717, 1.165) is 6.07 Å². The number of benzene rings is 1. The van der Waals surface area contributed by atoms with Crippen LogP contribution in [0.15, 0.2) is 45.9 Å². The summed E-state index contributed by atoms with van der Waals surface area (Å²) in [5.41, 5.74) is -0.467. The predicted molar refractivity (Wildman–Crippen MR) is 75.6 cm³/mol. The second-order valence-corrected chi connectivity index (χ2v) is 6.35. The molecule has 7 nitrogen and oxygen atoms in total. The van der Waals surface area contributed by atoms with Crippen molar-refractivity contribution in [3.05, 3.63) is 57.5 Å². The molecule has 1 heterocycles. The van der Waals surface area contributed by atoms with E-state index in [2.05, 4.69) is 4.72 Å². The third-order valence-corrected chi connectivity index (χ3v) is 4.58. The lowest BCUT2D eigenvalue weighted by Gasteiger charge is -2.12. The molecule has 0 saturated carbocycles. The topological polar surface area (TPSA) is 102 Å². The summed E-state index contributed by atoms with van der Waals surface area (Å²) >= 11 is 5.66. The zero-order valence-electron chi connectivity index (χ0n) is 10.8. The fourth-order valence-corrected chi connectivity index (χ4v) is 3.11. The molecule has 0 saturated heterocycles. The molecule has 0 aliphatic rings. The first-order valence-corrected chi connectivity index (χ1v) is 7.67. The number of sulfonamides is 1. The third-order valence-electron chi connectivity index (χ3n) is 2.73. The Kier molecular flexibility index (Phi) is 4.31. The highest BCUT2D eigenvalue weighted by Crippen LogP contribution is 2.27. The van der Waals surface area contributed by atoms with Crippen LogP contribution in [-0.2, 0) is 10.0 Å². The molecule has 2 aromatic rings. The summed E-state index contributed by atoms with van der Waals surface area (Å²) in [4.78, 5) is 9.82. The lowest BCUT2D eigenvalue weighted by atomic mass is 10.3. The first kappa shape index (κ1) is 15.5. The van der Waals surface area contributed by atoms with E-state index in [1.807, 2.05) is 0 Å². The van der Waals surface area contributed by atoms with Gasteiger partial charge in [0.05, 0.1) is 22.1 Å². The molecule has 112 valence electrons. The lowest BCUT2D eigenvalue weighted by molar-refractivity contribution is -0.384. The van der Waals surface area contributed by atoms with E-state index < -0.39 is 26.7 Å². The van der Waals surface area contributed by atoms with Crippen molar-refractivity contribution in [1.29, 1.82) is 0 Å². The Balaban J connectivity index is 2.32. The fourth-order valence-electron chi connectivity index (χ4n) is 1.70. The summed E-state index contributed by atoms with van der Waals surface area (Å²) in [7, 11) is -3.93. The smallest absolute Gasteiger partial charge is 0.289 e. The molecule has 0 unspecified atom stereocenters. The molecule has 1 aromatic heterocycles. The second-order valence-electron chi connectivity index (χ2n) is 4.23.